The average Bonchev–Trinajstić information content (AvgIpc) is 3.02. The molecule has 0 saturated carbocycles. The van der Waals surface area contributed by atoms with Gasteiger partial charge < -0.3 is 20.2 Å². The third kappa shape index (κ3) is 3.85. The lowest BCUT2D eigenvalue weighted by atomic mass is 10.2. The zero-order valence-electron chi connectivity index (χ0n) is 14.7. The predicted octanol–water partition coefficient (Wildman–Crippen LogP) is 1.76. The van der Waals surface area contributed by atoms with Gasteiger partial charge in [0.05, 0.1) is 23.3 Å². The van der Waals surface area contributed by atoms with Crippen LogP contribution in [0.4, 0.5) is 15.8 Å². The largest absolute Gasteiger partial charge is 0.367 e. The standard InChI is InChI=1S/C19H20FN5O2/c20-14-3-1-2-4-17(14)25-9-7-24(8-10-25)12-18(26)21-13-5-6-15-16(11-13)23-19(27)22-15/h1-6,11H,7-10,12H2,(H,21,26)(H2,22,23,27). The van der Waals surface area contributed by atoms with Crippen molar-refractivity contribution in [3.8, 4) is 0 Å². The fourth-order valence-electron chi connectivity index (χ4n) is 3.37. The van der Waals surface area contributed by atoms with Crippen molar-refractivity contribution in [3.63, 3.8) is 0 Å². The zero-order valence-corrected chi connectivity index (χ0v) is 14.7. The molecule has 1 aliphatic heterocycles. The van der Waals surface area contributed by atoms with Gasteiger partial charge >= 0.3 is 5.69 Å². The number of para-hydroxylation sites is 1. The molecule has 1 saturated heterocycles. The molecular weight excluding hydrogens is 349 g/mol. The highest BCUT2D eigenvalue weighted by Gasteiger charge is 2.20. The molecule has 2 aromatic carbocycles. The Morgan fingerprint density at radius 1 is 1.04 bits per heavy atom. The molecule has 0 spiro atoms. The summed E-state index contributed by atoms with van der Waals surface area (Å²) in [5.41, 5.74) is 2.31. The number of imidazole rings is 1. The van der Waals surface area contributed by atoms with Crippen LogP contribution in [0.15, 0.2) is 47.3 Å². The van der Waals surface area contributed by atoms with Gasteiger partial charge in [0.25, 0.3) is 0 Å². The van der Waals surface area contributed by atoms with Gasteiger partial charge in [-0.3, -0.25) is 9.69 Å². The minimum atomic E-state index is -0.277. The minimum Gasteiger partial charge on any atom is -0.367 e. The molecule has 1 aliphatic rings. The number of rotatable bonds is 4. The molecule has 1 fully saturated rings. The van der Waals surface area contributed by atoms with E-state index in [1.165, 1.54) is 6.07 Å². The maximum atomic E-state index is 13.9. The number of aromatic nitrogens is 2. The molecule has 2 heterocycles. The van der Waals surface area contributed by atoms with Gasteiger partial charge in [0.2, 0.25) is 5.91 Å². The lowest BCUT2D eigenvalue weighted by molar-refractivity contribution is -0.117. The molecule has 0 radical (unpaired) electrons. The molecule has 4 rings (SSSR count). The number of anilines is 2. The van der Waals surface area contributed by atoms with E-state index in [0.29, 0.717) is 48.6 Å². The van der Waals surface area contributed by atoms with Crippen LogP contribution >= 0.6 is 0 Å². The number of nitrogens with one attached hydrogen (secondary N) is 3. The molecule has 7 nitrogen and oxygen atoms in total. The van der Waals surface area contributed by atoms with Gasteiger partial charge in [-0.2, -0.15) is 0 Å². The van der Waals surface area contributed by atoms with Crippen molar-refractivity contribution in [2.24, 2.45) is 0 Å². The van der Waals surface area contributed by atoms with Crippen LogP contribution in [-0.2, 0) is 4.79 Å². The molecule has 0 bridgehead atoms. The molecule has 0 unspecified atom stereocenters. The van der Waals surface area contributed by atoms with E-state index in [0.717, 1.165) is 0 Å². The van der Waals surface area contributed by atoms with Crippen molar-refractivity contribution in [2.45, 2.75) is 0 Å². The summed E-state index contributed by atoms with van der Waals surface area (Å²) < 4.78 is 13.9. The second-order valence-electron chi connectivity index (χ2n) is 6.60. The third-order valence-corrected chi connectivity index (χ3v) is 4.73. The van der Waals surface area contributed by atoms with Crippen LogP contribution in [0.25, 0.3) is 11.0 Å². The number of carbonyl (C=O) groups excluding carboxylic acids is 1. The van der Waals surface area contributed by atoms with Gasteiger partial charge in [0, 0.05) is 31.9 Å². The summed E-state index contributed by atoms with van der Waals surface area (Å²) >= 11 is 0. The maximum absolute atomic E-state index is 13.9. The van der Waals surface area contributed by atoms with E-state index >= 15 is 0 Å². The summed E-state index contributed by atoms with van der Waals surface area (Å²) in [5.74, 6) is -0.339. The van der Waals surface area contributed by atoms with Crippen LogP contribution in [0.3, 0.4) is 0 Å². The van der Waals surface area contributed by atoms with Crippen molar-refractivity contribution >= 4 is 28.3 Å². The van der Waals surface area contributed by atoms with Crippen LogP contribution < -0.4 is 15.9 Å². The summed E-state index contributed by atoms with van der Waals surface area (Å²) in [4.78, 5) is 33.0. The fraction of sp³-hybridized carbons (Fsp3) is 0.263. The van der Waals surface area contributed by atoms with Crippen molar-refractivity contribution in [1.82, 2.24) is 14.9 Å². The van der Waals surface area contributed by atoms with Gasteiger partial charge in [-0.15, -0.1) is 0 Å². The van der Waals surface area contributed by atoms with Gasteiger partial charge in [0.1, 0.15) is 5.82 Å². The lowest BCUT2D eigenvalue weighted by Gasteiger charge is -2.35. The Morgan fingerprint density at radius 3 is 2.56 bits per heavy atom. The first-order chi connectivity index (χ1) is 13.1. The van der Waals surface area contributed by atoms with Crippen LogP contribution in [0, 0.1) is 5.82 Å². The van der Waals surface area contributed by atoms with Crippen molar-refractivity contribution in [3.05, 3.63) is 58.8 Å². The number of hydrogen-bond acceptors (Lipinski definition) is 4. The van der Waals surface area contributed by atoms with Gasteiger partial charge in [0.15, 0.2) is 0 Å². The summed E-state index contributed by atoms with van der Waals surface area (Å²) in [6.45, 7) is 2.99. The SMILES string of the molecule is O=C(CN1CCN(c2ccccc2F)CC1)Nc1ccc2[nH]c(=O)[nH]c2c1. The van der Waals surface area contributed by atoms with Crippen molar-refractivity contribution < 1.29 is 9.18 Å². The van der Waals surface area contributed by atoms with Gasteiger partial charge in [-0.05, 0) is 30.3 Å². The number of hydrogen-bond donors (Lipinski definition) is 3. The van der Waals surface area contributed by atoms with E-state index in [4.69, 9.17) is 0 Å². The van der Waals surface area contributed by atoms with Crippen molar-refractivity contribution in [2.75, 3.05) is 42.9 Å². The second kappa shape index (κ2) is 7.24. The Labute approximate surface area is 154 Å². The second-order valence-corrected chi connectivity index (χ2v) is 6.60. The van der Waals surface area contributed by atoms with E-state index < -0.39 is 0 Å². The predicted molar refractivity (Wildman–Crippen MR) is 103 cm³/mol. The quantitative estimate of drug-likeness (QED) is 0.654. The van der Waals surface area contributed by atoms with Crippen LogP contribution in [0.2, 0.25) is 0 Å². The monoisotopic (exact) mass is 369 g/mol. The number of piperazine rings is 1. The molecule has 27 heavy (non-hydrogen) atoms. The Bertz CT molecular complexity index is 1020. The summed E-state index contributed by atoms with van der Waals surface area (Å²) in [6, 6.07) is 12.0. The number of amides is 1. The van der Waals surface area contributed by atoms with Crippen LogP contribution in [0.1, 0.15) is 0 Å². The minimum absolute atomic E-state index is 0.119. The molecule has 1 aromatic heterocycles. The molecule has 3 aromatic rings. The highest BCUT2D eigenvalue weighted by atomic mass is 19.1. The van der Waals surface area contributed by atoms with E-state index in [1.807, 2.05) is 15.9 Å². The van der Waals surface area contributed by atoms with E-state index in [-0.39, 0.29) is 24.0 Å². The number of H-pyrrole nitrogens is 2. The third-order valence-electron chi connectivity index (χ3n) is 4.73. The first-order valence-corrected chi connectivity index (χ1v) is 8.82. The highest BCUT2D eigenvalue weighted by molar-refractivity contribution is 5.94. The van der Waals surface area contributed by atoms with E-state index in [2.05, 4.69) is 15.3 Å². The lowest BCUT2D eigenvalue weighted by Crippen LogP contribution is -2.48. The number of aromatic amines is 2. The Kier molecular flexibility index (Phi) is 4.64. The number of carbonyl (C=O) groups is 1. The number of halogens is 1. The number of nitrogens with zero attached hydrogens (tertiary/aromatic N) is 2. The van der Waals surface area contributed by atoms with Crippen LogP contribution in [-0.4, -0.2) is 53.5 Å². The molecule has 0 aliphatic carbocycles. The number of fused-ring (bicyclic) bond motifs is 1. The highest BCUT2D eigenvalue weighted by Crippen LogP contribution is 2.20. The molecule has 140 valence electrons. The Hall–Kier alpha value is -3.13. The van der Waals surface area contributed by atoms with E-state index in [1.54, 1.807) is 30.3 Å². The first-order valence-electron chi connectivity index (χ1n) is 8.82. The van der Waals surface area contributed by atoms with E-state index in [9.17, 15) is 14.0 Å². The van der Waals surface area contributed by atoms with Gasteiger partial charge in [-0.25, -0.2) is 9.18 Å². The van der Waals surface area contributed by atoms with Crippen molar-refractivity contribution in [1.29, 1.82) is 0 Å². The zero-order chi connectivity index (χ0) is 18.8. The van der Waals surface area contributed by atoms with Crippen LogP contribution in [0.5, 0.6) is 0 Å². The summed E-state index contributed by atoms with van der Waals surface area (Å²) in [5, 5.41) is 2.85. The summed E-state index contributed by atoms with van der Waals surface area (Å²) in [7, 11) is 0. The van der Waals surface area contributed by atoms with Gasteiger partial charge in [-0.1, -0.05) is 12.1 Å². The summed E-state index contributed by atoms with van der Waals surface area (Å²) in [6.07, 6.45) is 0. The molecular formula is C19H20FN5O2. The fourth-order valence-corrected chi connectivity index (χ4v) is 3.37. The smallest absolute Gasteiger partial charge is 0.323 e. The first kappa shape index (κ1) is 17.3. The normalized spacial score (nSPS) is 15.2. The number of benzene rings is 2. The Morgan fingerprint density at radius 2 is 1.78 bits per heavy atom. The topological polar surface area (TPSA) is 84.2 Å². The average molecular weight is 369 g/mol. The Balaban J connectivity index is 1.32. The molecule has 3 N–H and O–H groups in total. The molecule has 1 amide bonds. The molecule has 8 heteroatoms. The maximum Gasteiger partial charge on any atom is 0.323 e. The molecule has 0 atom stereocenters.